The summed E-state index contributed by atoms with van der Waals surface area (Å²) in [6.45, 7) is 6.75. The van der Waals surface area contributed by atoms with Crippen molar-refractivity contribution in [1.29, 1.82) is 0 Å². The maximum Gasteiger partial charge on any atom is 0.227 e. The van der Waals surface area contributed by atoms with Crippen molar-refractivity contribution in [1.82, 2.24) is 0 Å². The Morgan fingerprint density at radius 3 is 2.28 bits per heavy atom. The molecular weight excluding hydrogens is 314 g/mol. The van der Waals surface area contributed by atoms with E-state index in [9.17, 15) is 4.79 Å². The molecule has 0 saturated heterocycles. The molecule has 25 heavy (non-hydrogen) atoms. The van der Waals surface area contributed by atoms with Gasteiger partial charge in [0.15, 0.2) is 11.5 Å². The zero-order valence-electron chi connectivity index (χ0n) is 15.8. The predicted molar refractivity (Wildman–Crippen MR) is 102 cm³/mol. The number of carbonyl (C=O) groups is 1. The van der Waals surface area contributed by atoms with Gasteiger partial charge in [0.25, 0.3) is 0 Å². The van der Waals surface area contributed by atoms with Gasteiger partial charge in [-0.25, -0.2) is 0 Å². The SMILES string of the molecule is CCN(C(=O)CCc1cccc(OC)c1OC)c1cc(C)cc(C)c1. The Morgan fingerprint density at radius 2 is 1.72 bits per heavy atom. The number of aryl methyl sites for hydroxylation is 3. The summed E-state index contributed by atoms with van der Waals surface area (Å²) < 4.78 is 10.8. The van der Waals surface area contributed by atoms with Gasteiger partial charge in [-0.05, 0) is 62.1 Å². The highest BCUT2D eigenvalue weighted by atomic mass is 16.5. The lowest BCUT2D eigenvalue weighted by molar-refractivity contribution is -0.118. The Hall–Kier alpha value is -2.49. The van der Waals surface area contributed by atoms with Gasteiger partial charge in [0.1, 0.15) is 0 Å². The number of anilines is 1. The van der Waals surface area contributed by atoms with E-state index in [1.165, 1.54) is 0 Å². The number of ether oxygens (including phenoxy) is 2. The lowest BCUT2D eigenvalue weighted by Gasteiger charge is -2.22. The first kappa shape index (κ1) is 18.8. The molecule has 0 N–H and O–H groups in total. The minimum Gasteiger partial charge on any atom is -0.493 e. The third-order valence-corrected chi connectivity index (χ3v) is 4.23. The van der Waals surface area contributed by atoms with E-state index in [1.54, 1.807) is 14.2 Å². The van der Waals surface area contributed by atoms with Gasteiger partial charge in [0.05, 0.1) is 14.2 Å². The maximum absolute atomic E-state index is 12.8. The van der Waals surface area contributed by atoms with Gasteiger partial charge in [0.2, 0.25) is 5.91 Å². The van der Waals surface area contributed by atoms with E-state index in [2.05, 4.69) is 32.0 Å². The molecule has 2 aromatic rings. The van der Waals surface area contributed by atoms with Crippen molar-refractivity contribution in [3.63, 3.8) is 0 Å². The van der Waals surface area contributed by atoms with Gasteiger partial charge >= 0.3 is 0 Å². The molecule has 2 rings (SSSR count). The maximum atomic E-state index is 12.8. The minimum atomic E-state index is 0.109. The van der Waals surface area contributed by atoms with Gasteiger partial charge in [-0.15, -0.1) is 0 Å². The van der Waals surface area contributed by atoms with E-state index < -0.39 is 0 Å². The molecule has 0 saturated carbocycles. The summed E-state index contributed by atoms with van der Waals surface area (Å²) in [5.41, 5.74) is 4.26. The molecule has 0 radical (unpaired) electrons. The number of hydrogen-bond acceptors (Lipinski definition) is 3. The van der Waals surface area contributed by atoms with Crippen molar-refractivity contribution in [3.05, 3.63) is 53.1 Å². The van der Waals surface area contributed by atoms with Crippen LogP contribution >= 0.6 is 0 Å². The Labute approximate surface area is 150 Å². The molecule has 4 heteroatoms. The van der Waals surface area contributed by atoms with E-state index in [4.69, 9.17) is 9.47 Å². The fourth-order valence-electron chi connectivity index (χ4n) is 3.14. The summed E-state index contributed by atoms with van der Waals surface area (Å²) in [5, 5.41) is 0. The third-order valence-electron chi connectivity index (χ3n) is 4.23. The quantitative estimate of drug-likeness (QED) is 0.753. The van der Waals surface area contributed by atoms with Crippen LogP contribution in [-0.2, 0) is 11.2 Å². The third kappa shape index (κ3) is 4.53. The van der Waals surface area contributed by atoms with Crippen molar-refractivity contribution in [3.8, 4) is 11.5 Å². The van der Waals surface area contributed by atoms with Crippen LogP contribution in [-0.4, -0.2) is 26.7 Å². The molecule has 0 aliphatic heterocycles. The first-order chi connectivity index (χ1) is 12.0. The number of methoxy groups -OCH3 is 2. The lowest BCUT2D eigenvalue weighted by Crippen LogP contribution is -2.31. The summed E-state index contributed by atoms with van der Waals surface area (Å²) in [4.78, 5) is 14.6. The normalized spacial score (nSPS) is 10.4. The Balaban J connectivity index is 2.16. The van der Waals surface area contributed by atoms with Gasteiger partial charge in [-0.1, -0.05) is 18.2 Å². The van der Waals surface area contributed by atoms with Crippen LogP contribution in [0.2, 0.25) is 0 Å². The van der Waals surface area contributed by atoms with Crippen molar-refractivity contribution < 1.29 is 14.3 Å². The smallest absolute Gasteiger partial charge is 0.227 e. The van der Waals surface area contributed by atoms with E-state index in [-0.39, 0.29) is 5.91 Å². The molecule has 0 fully saturated rings. The van der Waals surface area contributed by atoms with E-state index in [0.29, 0.717) is 30.9 Å². The standard InChI is InChI=1S/C21H27NO3/c1-6-22(18-13-15(2)12-16(3)14-18)20(23)11-10-17-8-7-9-19(24-4)21(17)25-5/h7-9,12-14H,6,10-11H2,1-5H3. The second-order valence-electron chi connectivity index (χ2n) is 6.14. The number of para-hydroxylation sites is 1. The minimum absolute atomic E-state index is 0.109. The average molecular weight is 341 g/mol. The van der Waals surface area contributed by atoms with Crippen molar-refractivity contribution >= 4 is 11.6 Å². The molecule has 0 bridgehead atoms. The van der Waals surface area contributed by atoms with Crippen LogP contribution in [0.3, 0.4) is 0 Å². The molecule has 0 aromatic heterocycles. The second-order valence-corrected chi connectivity index (χ2v) is 6.14. The predicted octanol–water partition coefficient (Wildman–Crippen LogP) is 4.31. The summed E-state index contributed by atoms with van der Waals surface area (Å²) in [6, 6.07) is 12.0. The number of carbonyl (C=O) groups excluding carboxylic acids is 1. The van der Waals surface area contributed by atoms with Crippen LogP contribution in [0.4, 0.5) is 5.69 Å². The largest absolute Gasteiger partial charge is 0.493 e. The van der Waals surface area contributed by atoms with Crippen LogP contribution in [0.5, 0.6) is 11.5 Å². The molecule has 0 heterocycles. The number of benzene rings is 2. The van der Waals surface area contributed by atoms with Crippen molar-refractivity contribution in [2.24, 2.45) is 0 Å². The molecular formula is C21H27NO3. The van der Waals surface area contributed by atoms with Crippen molar-refractivity contribution in [2.75, 3.05) is 25.7 Å². The van der Waals surface area contributed by atoms with Gasteiger partial charge in [-0.3, -0.25) is 4.79 Å². The van der Waals surface area contributed by atoms with Gasteiger partial charge < -0.3 is 14.4 Å². The number of rotatable bonds is 7. The lowest BCUT2D eigenvalue weighted by atomic mass is 10.1. The van der Waals surface area contributed by atoms with Crippen LogP contribution < -0.4 is 14.4 Å². The first-order valence-electron chi connectivity index (χ1n) is 8.58. The highest BCUT2D eigenvalue weighted by Gasteiger charge is 2.16. The van der Waals surface area contributed by atoms with Crippen LogP contribution in [0.15, 0.2) is 36.4 Å². The van der Waals surface area contributed by atoms with Gasteiger partial charge in [-0.2, -0.15) is 0 Å². The summed E-state index contributed by atoms with van der Waals surface area (Å²) in [5.74, 6) is 1.50. The zero-order chi connectivity index (χ0) is 18.4. The molecule has 1 amide bonds. The molecule has 0 aliphatic rings. The summed E-state index contributed by atoms with van der Waals surface area (Å²) >= 11 is 0. The zero-order valence-corrected chi connectivity index (χ0v) is 15.8. The van der Waals surface area contributed by atoms with E-state index in [0.717, 1.165) is 22.4 Å². The first-order valence-corrected chi connectivity index (χ1v) is 8.58. The highest BCUT2D eigenvalue weighted by Crippen LogP contribution is 2.31. The van der Waals surface area contributed by atoms with Crippen LogP contribution in [0, 0.1) is 13.8 Å². The Morgan fingerprint density at radius 1 is 1.04 bits per heavy atom. The Kier molecular flexibility index (Phi) is 6.45. The monoisotopic (exact) mass is 341 g/mol. The topological polar surface area (TPSA) is 38.8 Å². The number of hydrogen-bond donors (Lipinski definition) is 0. The molecule has 0 spiro atoms. The molecule has 0 atom stereocenters. The second kappa shape index (κ2) is 8.56. The summed E-state index contributed by atoms with van der Waals surface area (Å²) in [6.07, 6.45) is 1.03. The summed E-state index contributed by atoms with van der Waals surface area (Å²) in [7, 11) is 3.24. The molecule has 0 unspecified atom stereocenters. The molecule has 2 aromatic carbocycles. The molecule has 0 aliphatic carbocycles. The van der Waals surface area contributed by atoms with Crippen molar-refractivity contribution in [2.45, 2.75) is 33.6 Å². The number of nitrogens with zero attached hydrogens (tertiary/aromatic N) is 1. The Bertz CT molecular complexity index is 720. The average Bonchev–Trinajstić information content (AvgIpc) is 2.59. The molecule has 4 nitrogen and oxygen atoms in total. The van der Waals surface area contributed by atoms with Gasteiger partial charge in [0, 0.05) is 18.7 Å². The van der Waals surface area contributed by atoms with Crippen LogP contribution in [0.25, 0.3) is 0 Å². The highest BCUT2D eigenvalue weighted by molar-refractivity contribution is 5.93. The molecule has 134 valence electrons. The fraction of sp³-hybridized carbons (Fsp3) is 0.381. The van der Waals surface area contributed by atoms with E-state index >= 15 is 0 Å². The van der Waals surface area contributed by atoms with E-state index in [1.807, 2.05) is 30.0 Å². The number of amides is 1. The fourth-order valence-corrected chi connectivity index (χ4v) is 3.14. The van der Waals surface area contributed by atoms with Crippen LogP contribution in [0.1, 0.15) is 30.0 Å².